The summed E-state index contributed by atoms with van der Waals surface area (Å²) in [5.74, 6) is 0.735. The number of unbranched alkanes of at least 4 members (excludes halogenated alkanes) is 20. The summed E-state index contributed by atoms with van der Waals surface area (Å²) in [6.07, 6.45) is 29.8. The highest BCUT2D eigenvalue weighted by Gasteiger charge is 2.19. The van der Waals surface area contributed by atoms with Gasteiger partial charge in [-0.25, -0.2) is 0 Å². The van der Waals surface area contributed by atoms with Gasteiger partial charge in [0.2, 0.25) is 0 Å². The van der Waals surface area contributed by atoms with Gasteiger partial charge in [0.1, 0.15) is 13.2 Å². The van der Waals surface area contributed by atoms with Crippen molar-refractivity contribution >= 4 is 17.9 Å². The molecule has 0 aliphatic carbocycles. The number of esters is 3. The zero-order chi connectivity index (χ0) is 34.8. The number of carbonyl (C=O) groups is 3. The van der Waals surface area contributed by atoms with Crippen LogP contribution >= 0.6 is 0 Å². The molecule has 0 aliphatic heterocycles. The van der Waals surface area contributed by atoms with E-state index in [4.69, 9.17) is 14.2 Å². The summed E-state index contributed by atoms with van der Waals surface area (Å²) in [5.41, 5.74) is 0. The largest absolute Gasteiger partial charge is 0.462 e. The minimum Gasteiger partial charge on any atom is -0.462 e. The van der Waals surface area contributed by atoms with Crippen LogP contribution in [0.1, 0.15) is 214 Å². The quantitative estimate of drug-likeness (QED) is 0.0380. The highest BCUT2D eigenvalue weighted by atomic mass is 16.6. The molecule has 0 spiro atoms. The average Bonchev–Trinajstić information content (AvgIpc) is 3.03. The van der Waals surface area contributed by atoms with Gasteiger partial charge in [-0.15, -0.1) is 0 Å². The van der Waals surface area contributed by atoms with Gasteiger partial charge >= 0.3 is 17.9 Å². The smallest absolute Gasteiger partial charge is 0.306 e. The lowest BCUT2D eigenvalue weighted by Gasteiger charge is -2.18. The van der Waals surface area contributed by atoms with Crippen molar-refractivity contribution in [2.75, 3.05) is 13.2 Å². The van der Waals surface area contributed by atoms with E-state index in [0.29, 0.717) is 19.3 Å². The van der Waals surface area contributed by atoms with E-state index in [1.807, 2.05) is 0 Å². The molecule has 278 valence electrons. The number of hydrogen-bond acceptors (Lipinski definition) is 6. The molecule has 1 atom stereocenters. The lowest BCUT2D eigenvalue weighted by atomic mass is 10.0. The first-order chi connectivity index (χ1) is 22.7. The van der Waals surface area contributed by atoms with Crippen LogP contribution in [0, 0.1) is 11.8 Å². The highest BCUT2D eigenvalue weighted by Crippen LogP contribution is 2.15. The van der Waals surface area contributed by atoms with Crippen molar-refractivity contribution < 1.29 is 28.6 Å². The van der Waals surface area contributed by atoms with Gasteiger partial charge in [0.25, 0.3) is 0 Å². The molecule has 0 bridgehead atoms. The van der Waals surface area contributed by atoms with Crippen LogP contribution < -0.4 is 0 Å². The van der Waals surface area contributed by atoms with E-state index in [1.54, 1.807) is 0 Å². The third-order valence-corrected chi connectivity index (χ3v) is 8.97. The summed E-state index contributed by atoms with van der Waals surface area (Å²) in [7, 11) is 0. The summed E-state index contributed by atoms with van der Waals surface area (Å²) in [6, 6.07) is 0. The second-order valence-corrected chi connectivity index (χ2v) is 14.9. The Bertz CT molecular complexity index is 719. The Kier molecular flexibility index (Phi) is 33.1. The molecule has 0 aromatic heterocycles. The lowest BCUT2D eigenvalue weighted by Crippen LogP contribution is -2.30. The molecule has 0 aromatic carbocycles. The van der Waals surface area contributed by atoms with Crippen molar-refractivity contribution in [2.24, 2.45) is 11.8 Å². The molecule has 0 unspecified atom stereocenters. The second-order valence-electron chi connectivity index (χ2n) is 14.9. The molecule has 0 saturated carbocycles. The maximum absolute atomic E-state index is 12.5. The van der Waals surface area contributed by atoms with Crippen LogP contribution in [0.5, 0.6) is 0 Å². The molecule has 0 fully saturated rings. The Balaban J connectivity index is 4.21. The van der Waals surface area contributed by atoms with Crippen molar-refractivity contribution in [3.8, 4) is 0 Å². The second kappa shape index (κ2) is 34.3. The van der Waals surface area contributed by atoms with Crippen molar-refractivity contribution in [3.63, 3.8) is 0 Å². The van der Waals surface area contributed by atoms with E-state index in [-0.39, 0.29) is 31.1 Å². The molecule has 0 N–H and O–H groups in total. The number of rotatable bonds is 35. The summed E-state index contributed by atoms with van der Waals surface area (Å²) in [4.78, 5) is 37.3. The number of hydrogen-bond donors (Lipinski definition) is 0. The molecule has 6 heteroatoms. The molecule has 0 radical (unpaired) electrons. The minimum absolute atomic E-state index is 0.0674. The fraction of sp³-hybridized carbons (Fsp3) is 0.927. The van der Waals surface area contributed by atoms with Crippen LogP contribution in [0.4, 0.5) is 0 Å². The predicted molar refractivity (Wildman–Crippen MR) is 196 cm³/mol. The van der Waals surface area contributed by atoms with E-state index < -0.39 is 6.10 Å². The van der Waals surface area contributed by atoms with Gasteiger partial charge < -0.3 is 14.2 Å². The molecule has 0 saturated heterocycles. The molecular formula is C41H78O6. The monoisotopic (exact) mass is 667 g/mol. The number of carbonyl (C=O) groups excluding carboxylic acids is 3. The van der Waals surface area contributed by atoms with E-state index >= 15 is 0 Å². The Morgan fingerprint density at radius 3 is 1.04 bits per heavy atom. The zero-order valence-electron chi connectivity index (χ0n) is 31.9. The van der Waals surface area contributed by atoms with Gasteiger partial charge in [0, 0.05) is 19.3 Å². The topological polar surface area (TPSA) is 78.9 Å². The average molecular weight is 667 g/mol. The molecule has 47 heavy (non-hydrogen) atoms. The van der Waals surface area contributed by atoms with Crippen LogP contribution in [0.3, 0.4) is 0 Å². The summed E-state index contributed by atoms with van der Waals surface area (Å²) < 4.78 is 16.5. The normalized spacial score (nSPS) is 12.1. The molecule has 0 amide bonds. The van der Waals surface area contributed by atoms with Crippen LogP contribution in [0.2, 0.25) is 0 Å². The van der Waals surface area contributed by atoms with Crippen molar-refractivity contribution in [2.45, 2.75) is 221 Å². The standard InChI is InChI=1S/C41H78O6/c1-6-7-8-19-28-33-41(44)47-38(35-46-40(43)32-27-23-18-14-13-16-21-25-30-37(4)5)34-45-39(42)31-26-22-17-12-10-9-11-15-20-24-29-36(2)3/h36-38H,6-35H2,1-5H3/t38-/m0/s1. The predicted octanol–water partition coefficient (Wildman–Crippen LogP) is 12.2. The van der Waals surface area contributed by atoms with Gasteiger partial charge in [-0.3, -0.25) is 14.4 Å². The molecule has 0 heterocycles. The summed E-state index contributed by atoms with van der Waals surface area (Å²) in [5, 5.41) is 0. The van der Waals surface area contributed by atoms with Crippen molar-refractivity contribution in [1.82, 2.24) is 0 Å². The first-order valence-electron chi connectivity index (χ1n) is 20.2. The van der Waals surface area contributed by atoms with Gasteiger partial charge in [0.05, 0.1) is 0 Å². The van der Waals surface area contributed by atoms with Crippen LogP contribution in [-0.2, 0) is 28.6 Å². The number of ether oxygens (including phenoxy) is 3. The summed E-state index contributed by atoms with van der Waals surface area (Å²) >= 11 is 0. The first-order valence-corrected chi connectivity index (χ1v) is 20.2. The molecule has 0 aliphatic rings. The maximum Gasteiger partial charge on any atom is 0.306 e. The maximum atomic E-state index is 12.5. The fourth-order valence-electron chi connectivity index (χ4n) is 5.87. The van der Waals surface area contributed by atoms with Crippen LogP contribution in [0.25, 0.3) is 0 Å². The zero-order valence-corrected chi connectivity index (χ0v) is 31.9. The van der Waals surface area contributed by atoms with E-state index in [0.717, 1.165) is 76.0 Å². The van der Waals surface area contributed by atoms with Crippen LogP contribution in [-0.4, -0.2) is 37.2 Å². The Labute approximate surface area is 291 Å². The SMILES string of the molecule is CCCCCCCC(=O)O[C@@H](COC(=O)CCCCCCCCCCCCC(C)C)COC(=O)CCCCCCCCCCC(C)C. The molecule has 0 rings (SSSR count). The third kappa shape index (κ3) is 35.5. The van der Waals surface area contributed by atoms with E-state index in [2.05, 4.69) is 34.6 Å². The van der Waals surface area contributed by atoms with Gasteiger partial charge in [-0.1, -0.05) is 176 Å². The molecule has 6 nitrogen and oxygen atoms in total. The molecular weight excluding hydrogens is 588 g/mol. The molecule has 0 aromatic rings. The Hall–Kier alpha value is -1.59. The van der Waals surface area contributed by atoms with Gasteiger partial charge in [-0.2, -0.15) is 0 Å². The summed E-state index contributed by atoms with van der Waals surface area (Å²) in [6.45, 7) is 11.2. The minimum atomic E-state index is -0.757. The van der Waals surface area contributed by atoms with Crippen molar-refractivity contribution in [1.29, 1.82) is 0 Å². The Morgan fingerprint density at radius 2 is 0.702 bits per heavy atom. The lowest BCUT2D eigenvalue weighted by molar-refractivity contribution is -0.167. The highest BCUT2D eigenvalue weighted by molar-refractivity contribution is 5.71. The Morgan fingerprint density at radius 1 is 0.404 bits per heavy atom. The van der Waals surface area contributed by atoms with E-state index in [9.17, 15) is 14.4 Å². The third-order valence-electron chi connectivity index (χ3n) is 8.97. The fourth-order valence-corrected chi connectivity index (χ4v) is 5.87. The van der Waals surface area contributed by atoms with Gasteiger partial charge in [0.15, 0.2) is 6.10 Å². The van der Waals surface area contributed by atoms with Crippen LogP contribution in [0.15, 0.2) is 0 Å². The van der Waals surface area contributed by atoms with E-state index in [1.165, 1.54) is 96.3 Å². The van der Waals surface area contributed by atoms with Gasteiger partial charge in [-0.05, 0) is 31.1 Å². The van der Waals surface area contributed by atoms with Crippen molar-refractivity contribution in [3.05, 3.63) is 0 Å². The first kappa shape index (κ1) is 45.4.